The highest BCUT2D eigenvalue weighted by Crippen LogP contribution is 2.20. The summed E-state index contributed by atoms with van der Waals surface area (Å²) >= 11 is 0. The van der Waals surface area contributed by atoms with E-state index in [1.165, 1.54) is 32.4 Å². The standard InChI is InChI=1S/C15H32N2O/c1-13(2)7-11-18-12-10-17-8-5-15(6-9-17)14(3)16-4/h13-16H,5-12H2,1-4H3. The molecule has 1 aliphatic rings. The average molecular weight is 256 g/mol. The second-order valence-electron chi connectivity index (χ2n) is 6.05. The Morgan fingerprint density at radius 3 is 2.39 bits per heavy atom. The normalized spacial score (nSPS) is 20.5. The van der Waals surface area contributed by atoms with Crippen molar-refractivity contribution in [2.75, 3.05) is 39.9 Å². The zero-order valence-electron chi connectivity index (χ0n) is 12.7. The van der Waals surface area contributed by atoms with Crippen LogP contribution >= 0.6 is 0 Å². The molecular weight excluding hydrogens is 224 g/mol. The van der Waals surface area contributed by atoms with E-state index in [0.29, 0.717) is 6.04 Å². The molecule has 0 saturated carbocycles. The van der Waals surface area contributed by atoms with Crippen molar-refractivity contribution in [1.82, 2.24) is 10.2 Å². The molecule has 0 spiro atoms. The van der Waals surface area contributed by atoms with Crippen molar-refractivity contribution < 1.29 is 4.74 Å². The molecule has 0 aromatic heterocycles. The number of rotatable bonds is 8. The largest absolute Gasteiger partial charge is 0.380 e. The van der Waals surface area contributed by atoms with Crippen LogP contribution in [0.2, 0.25) is 0 Å². The van der Waals surface area contributed by atoms with Crippen LogP contribution in [0.5, 0.6) is 0 Å². The predicted octanol–water partition coefficient (Wildman–Crippen LogP) is 2.37. The molecule has 3 heteroatoms. The monoisotopic (exact) mass is 256 g/mol. The van der Waals surface area contributed by atoms with E-state index in [2.05, 4.69) is 38.0 Å². The van der Waals surface area contributed by atoms with E-state index in [4.69, 9.17) is 4.74 Å². The van der Waals surface area contributed by atoms with Crippen LogP contribution in [0.3, 0.4) is 0 Å². The molecule has 18 heavy (non-hydrogen) atoms. The van der Waals surface area contributed by atoms with Gasteiger partial charge < -0.3 is 15.0 Å². The number of piperidine rings is 1. The van der Waals surface area contributed by atoms with Crippen LogP contribution in [0.25, 0.3) is 0 Å². The first kappa shape index (κ1) is 15.9. The van der Waals surface area contributed by atoms with Crippen LogP contribution < -0.4 is 5.32 Å². The lowest BCUT2D eigenvalue weighted by molar-refractivity contribution is 0.0795. The predicted molar refractivity (Wildman–Crippen MR) is 78.0 cm³/mol. The molecule has 0 aromatic carbocycles. The van der Waals surface area contributed by atoms with Crippen LogP contribution in [0, 0.1) is 11.8 Å². The minimum Gasteiger partial charge on any atom is -0.380 e. The number of nitrogens with one attached hydrogen (secondary N) is 1. The van der Waals surface area contributed by atoms with E-state index < -0.39 is 0 Å². The molecule has 0 bridgehead atoms. The lowest BCUT2D eigenvalue weighted by atomic mass is 9.90. The molecule has 3 nitrogen and oxygen atoms in total. The van der Waals surface area contributed by atoms with Crippen molar-refractivity contribution in [3.8, 4) is 0 Å². The molecule has 1 aliphatic heterocycles. The zero-order valence-corrected chi connectivity index (χ0v) is 12.7. The van der Waals surface area contributed by atoms with Gasteiger partial charge >= 0.3 is 0 Å². The Morgan fingerprint density at radius 1 is 1.17 bits per heavy atom. The molecule has 1 N–H and O–H groups in total. The molecule has 0 amide bonds. The lowest BCUT2D eigenvalue weighted by Gasteiger charge is -2.34. The van der Waals surface area contributed by atoms with Crippen molar-refractivity contribution in [1.29, 1.82) is 0 Å². The smallest absolute Gasteiger partial charge is 0.0593 e. The summed E-state index contributed by atoms with van der Waals surface area (Å²) in [5.74, 6) is 1.61. The molecule has 0 radical (unpaired) electrons. The number of likely N-dealkylation sites (tertiary alicyclic amines) is 1. The molecule has 1 rings (SSSR count). The topological polar surface area (TPSA) is 24.5 Å². The summed E-state index contributed by atoms with van der Waals surface area (Å²) < 4.78 is 5.69. The Kier molecular flexibility index (Phi) is 7.87. The second kappa shape index (κ2) is 8.89. The Labute approximate surface area is 113 Å². The van der Waals surface area contributed by atoms with E-state index in [-0.39, 0.29) is 0 Å². The van der Waals surface area contributed by atoms with Gasteiger partial charge in [-0.25, -0.2) is 0 Å². The average Bonchev–Trinajstić information content (AvgIpc) is 2.38. The minimum atomic E-state index is 0.662. The molecule has 1 atom stereocenters. The summed E-state index contributed by atoms with van der Waals surface area (Å²) in [6, 6.07) is 0.662. The van der Waals surface area contributed by atoms with Gasteiger partial charge in [0.1, 0.15) is 0 Å². The van der Waals surface area contributed by atoms with Crippen LogP contribution in [0.15, 0.2) is 0 Å². The maximum absolute atomic E-state index is 5.69. The molecule has 1 unspecified atom stereocenters. The summed E-state index contributed by atoms with van der Waals surface area (Å²) in [5.41, 5.74) is 0. The summed E-state index contributed by atoms with van der Waals surface area (Å²) in [4.78, 5) is 2.55. The maximum atomic E-state index is 5.69. The summed E-state index contributed by atoms with van der Waals surface area (Å²) in [5, 5.41) is 3.38. The summed E-state index contributed by atoms with van der Waals surface area (Å²) in [6.45, 7) is 12.2. The number of hydrogen-bond acceptors (Lipinski definition) is 3. The third-order valence-corrected chi connectivity index (χ3v) is 4.19. The van der Waals surface area contributed by atoms with E-state index >= 15 is 0 Å². The van der Waals surface area contributed by atoms with Gasteiger partial charge in [-0.2, -0.15) is 0 Å². The highest BCUT2D eigenvalue weighted by molar-refractivity contribution is 4.78. The van der Waals surface area contributed by atoms with Gasteiger partial charge in [-0.1, -0.05) is 13.8 Å². The highest BCUT2D eigenvalue weighted by atomic mass is 16.5. The first-order valence-electron chi connectivity index (χ1n) is 7.60. The van der Waals surface area contributed by atoms with E-state index in [1.807, 2.05) is 0 Å². The Morgan fingerprint density at radius 2 is 1.83 bits per heavy atom. The second-order valence-corrected chi connectivity index (χ2v) is 6.05. The SMILES string of the molecule is CNC(C)C1CCN(CCOCCC(C)C)CC1. The molecule has 1 heterocycles. The summed E-state index contributed by atoms with van der Waals surface area (Å²) in [7, 11) is 2.07. The van der Waals surface area contributed by atoms with Gasteiger partial charge in [0.2, 0.25) is 0 Å². The molecule has 1 fully saturated rings. The third kappa shape index (κ3) is 6.17. The number of hydrogen-bond donors (Lipinski definition) is 1. The van der Waals surface area contributed by atoms with E-state index in [0.717, 1.165) is 31.6 Å². The quantitative estimate of drug-likeness (QED) is 0.675. The van der Waals surface area contributed by atoms with Crippen molar-refractivity contribution >= 4 is 0 Å². The first-order valence-corrected chi connectivity index (χ1v) is 7.60. The van der Waals surface area contributed by atoms with Gasteiger partial charge in [-0.3, -0.25) is 0 Å². The van der Waals surface area contributed by atoms with Gasteiger partial charge in [0.25, 0.3) is 0 Å². The van der Waals surface area contributed by atoms with Gasteiger partial charge in [0.05, 0.1) is 6.61 Å². The molecule has 0 aliphatic carbocycles. The van der Waals surface area contributed by atoms with Crippen molar-refractivity contribution in [3.63, 3.8) is 0 Å². The van der Waals surface area contributed by atoms with Crippen LogP contribution in [0.4, 0.5) is 0 Å². The van der Waals surface area contributed by atoms with E-state index in [9.17, 15) is 0 Å². The molecular formula is C15H32N2O. The van der Waals surface area contributed by atoms with Gasteiger partial charge in [-0.05, 0) is 58.2 Å². The van der Waals surface area contributed by atoms with Crippen LogP contribution in [-0.2, 0) is 4.74 Å². The van der Waals surface area contributed by atoms with Crippen LogP contribution in [0.1, 0.15) is 40.0 Å². The highest BCUT2D eigenvalue weighted by Gasteiger charge is 2.22. The fourth-order valence-electron chi connectivity index (χ4n) is 2.53. The number of nitrogens with zero attached hydrogens (tertiary/aromatic N) is 1. The molecule has 108 valence electrons. The molecule has 1 saturated heterocycles. The Hall–Kier alpha value is -0.120. The van der Waals surface area contributed by atoms with Gasteiger partial charge in [0.15, 0.2) is 0 Å². The van der Waals surface area contributed by atoms with Crippen molar-refractivity contribution in [2.24, 2.45) is 11.8 Å². The first-order chi connectivity index (χ1) is 8.63. The Balaban J connectivity index is 2.02. The van der Waals surface area contributed by atoms with E-state index in [1.54, 1.807) is 0 Å². The number of ether oxygens (including phenoxy) is 1. The fraction of sp³-hybridized carbons (Fsp3) is 1.00. The lowest BCUT2D eigenvalue weighted by Crippen LogP contribution is -2.41. The fourth-order valence-corrected chi connectivity index (χ4v) is 2.53. The van der Waals surface area contributed by atoms with Gasteiger partial charge in [-0.15, -0.1) is 0 Å². The summed E-state index contributed by atoms with van der Waals surface area (Å²) in [6.07, 6.45) is 3.84. The zero-order chi connectivity index (χ0) is 13.4. The minimum absolute atomic E-state index is 0.662. The molecule has 0 aromatic rings. The maximum Gasteiger partial charge on any atom is 0.0593 e. The Bertz CT molecular complexity index is 201. The third-order valence-electron chi connectivity index (χ3n) is 4.19. The van der Waals surface area contributed by atoms with Gasteiger partial charge in [0, 0.05) is 19.2 Å². The van der Waals surface area contributed by atoms with Crippen molar-refractivity contribution in [2.45, 2.75) is 46.1 Å². The van der Waals surface area contributed by atoms with Crippen molar-refractivity contribution in [3.05, 3.63) is 0 Å². The van der Waals surface area contributed by atoms with Crippen LogP contribution in [-0.4, -0.2) is 50.8 Å².